The van der Waals surface area contributed by atoms with Gasteiger partial charge < -0.3 is 14.7 Å². The number of aromatic nitrogens is 2. The monoisotopic (exact) mass is 661 g/mol. The first-order valence-corrected chi connectivity index (χ1v) is 15.8. The summed E-state index contributed by atoms with van der Waals surface area (Å²) in [7, 11) is 0. The van der Waals surface area contributed by atoms with Crippen LogP contribution in [0.5, 0.6) is 0 Å². The number of rotatable bonds is 8. The lowest BCUT2D eigenvalue weighted by Gasteiger charge is -2.35. The Morgan fingerprint density at radius 2 is 1.84 bits per heavy atom. The maximum Gasteiger partial charge on any atom is 0.433 e. The third-order valence-corrected chi connectivity index (χ3v) is 10.9. The quantitative estimate of drug-likeness (QED) is 0.180. The molecule has 1 amide bonds. The molecule has 1 aromatic heterocycles. The van der Waals surface area contributed by atoms with Crippen molar-refractivity contribution in [2.24, 2.45) is 29.1 Å². The van der Waals surface area contributed by atoms with Crippen LogP contribution in [-0.4, -0.2) is 50.9 Å². The zero-order valence-electron chi connectivity index (χ0n) is 25.0. The van der Waals surface area contributed by atoms with Gasteiger partial charge in [-0.1, -0.05) is 44.0 Å². The molecule has 1 heterocycles. The molecule has 44 heavy (non-hydrogen) atoms. The molecule has 6 atom stereocenters. The minimum Gasteiger partial charge on any atom is -0.466 e. The van der Waals surface area contributed by atoms with E-state index in [-0.39, 0.29) is 47.3 Å². The maximum atomic E-state index is 14.7. The average Bonchev–Trinajstić information content (AvgIpc) is 3.37. The number of hydrogen-bond acceptors (Lipinski definition) is 5. The van der Waals surface area contributed by atoms with E-state index in [0.717, 1.165) is 16.9 Å². The average molecular weight is 663 g/mol. The van der Waals surface area contributed by atoms with Crippen LogP contribution < -0.4 is 0 Å². The fourth-order valence-electron chi connectivity index (χ4n) is 7.68. The smallest absolute Gasteiger partial charge is 0.433 e. The first-order chi connectivity index (χ1) is 20.6. The van der Waals surface area contributed by atoms with E-state index in [1.165, 1.54) is 11.0 Å². The van der Waals surface area contributed by atoms with E-state index in [1.807, 2.05) is 0 Å². The van der Waals surface area contributed by atoms with E-state index in [0.29, 0.717) is 31.1 Å². The van der Waals surface area contributed by atoms with Gasteiger partial charge in [0.05, 0.1) is 48.0 Å². The van der Waals surface area contributed by atoms with Crippen molar-refractivity contribution >= 4 is 35.1 Å². The van der Waals surface area contributed by atoms with Crippen LogP contribution in [0.25, 0.3) is 0 Å². The summed E-state index contributed by atoms with van der Waals surface area (Å²) in [4.78, 5) is 27.7. The van der Waals surface area contributed by atoms with Gasteiger partial charge in [0.1, 0.15) is 5.82 Å². The van der Waals surface area contributed by atoms with Crippen LogP contribution in [0.4, 0.5) is 17.6 Å². The van der Waals surface area contributed by atoms with Crippen LogP contribution in [0, 0.1) is 34.9 Å². The molecule has 3 aliphatic carbocycles. The Hall–Kier alpha value is -2.37. The maximum absolute atomic E-state index is 14.7. The van der Waals surface area contributed by atoms with Crippen molar-refractivity contribution in [1.82, 2.24) is 14.7 Å². The molecule has 2 aromatic rings. The second kappa shape index (κ2) is 12.1. The van der Waals surface area contributed by atoms with Crippen LogP contribution in [-0.2, 0) is 15.7 Å². The highest BCUT2D eigenvalue weighted by Crippen LogP contribution is 2.67. The number of carbonyl (C=O) groups excluding carboxylic acids is 2. The minimum absolute atomic E-state index is 0.0250. The Labute approximate surface area is 263 Å². The molecular weight excluding hydrogens is 625 g/mol. The van der Waals surface area contributed by atoms with Crippen LogP contribution >= 0.6 is 23.2 Å². The molecular formula is C31H37Cl2F4N3O4. The summed E-state index contributed by atoms with van der Waals surface area (Å²) in [5.41, 5.74) is -1.85. The lowest BCUT2D eigenvalue weighted by molar-refractivity contribution is -0.153. The molecule has 1 aromatic carbocycles. The lowest BCUT2D eigenvalue weighted by atomic mass is 9.78. The summed E-state index contributed by atoms with van der Waals surface area (Å²) in [5.74, 6) is -2.20. The number of hydrogen-bond donors (Lipinski definition) is 1. The molecule has 3 aliphatic rings. The first-order valence-electron chi connectivity index (χ1n) is 15.0. The number of aliphatic hydroxyl groups excluding tert-OH is 1. The van der Waals surface area contributed by atoms with Gasteiger partial charge in [-0.15, -0.1) is 0 Å². The molecule has 0 saturated heterocycles. The molecule has 5 rings (SSSR count). The zero-order valence-corrected chi connectivity index (χ0v) is 26.5. The summed E-state index contributed by atoms with van der Waals surface area (Å²) in [6, 6.07) is 1.14. The Kier molecular flexibility index (Phi) is 9.07. The zero-order chi connectivity index (χ0) is 32.3. The number of esters is 1. The van der Waals surface area contributed by atoms with E-state index in [9.17, 15) is 32.3 Å². The van der Waals surface area contributed by atoms with Crippen molar-refractivity contribution in [2.45, 2.75) is 84.2 Å². The Morgan fingerprint density at radius 1 is 1.18 bits per heavy atom. The van der Waals surface area contributed by atoms with Crippen LogP contribution in [0.3, 0.4) is 0 Å². The fraction of sp³-hybridized carbons (Fsp3) is 0.645. The second-order valence-electron chi connectivity index (χ2n) is 13.0. The number of carbonyl (C=O) groups is 2. The van der Waals surface area contributed by atoms with Crippen LogP contribution in [0.1, 0.15) is 93.6 Å². The standard InChI is InChI=1S/C31H37Cl2F4N3O4/c1-5-44-29(43)18-7-6-16(10-15(18)2)40-27(31(35,36)37)19(13-38-40)28(42)39(17-11-20-21(12-17)30(20,3)4)14-24(41)25-22(32)8-9-23(34)26(25)33/h8-9,13,15-18,20-21,24,41H,5-7,10-12,14H2,1-4H3. The van der Waals surface area contributed by atoms with Gasteiger partial charge in [-0.2, -0.15) is 18.3 Å². The number of alkyl halides is 3. The molecule has 0 bridgehead atoms. The third-order valence-electron chi connectivity index (χ3n) is 10.2. The summed E-state index contributed by atoms with van der Waals surface area (Å²) >= 11 is 12.4. The molecule has 13 heteroatoms. The van der Waals surface area contributed by atoms with Crippen molar-refractivity contribution < 1.29 is 37.0 Å². The molecule has 0 aliphatic heterocycles. The minimum atomic E-state index is -4.91. The topological polar surface area (TPSA) is 84.7 Å². The number of ether oxygens (including phenoxy) is 1. The summed E-state index contributed by atoms with van der Waals surface area (Å²) in [6.07, 6.45) is -3.57. The lowest BCUT2D eigenvalue weighted by Crippen LogP contribution is -2.43. The molecule has 1 N–H and O–H groups in total. The van der Waals surface area contributed by atoms with Gasteiger partial charge in [0.25, 0.3) is 5.91 Å². The highest BCUT2D eigenvalue weighted by atomic mass is 35.5. The Bertz CT molecular complexity index is 1420. The van der Waals surface area contributed by atoms with Gasteiger partial charge in [-0.3, -0.25) is 14.3 Å². The summed E-state index contributed by atoms with van der Waals surface area (Å²) in [6.45, 7) is 7.53. The highest BCUT2D eigenvalue weighted by Gasteiger charge is 2.63. The van der Waals surface area contributed by atoms with E-state index < -0.39 is 64.8 Å². The number of benzene rings is 1. The molecule has 6 unspecified atom stereocenters. The normalized spacial score (nSPS) is 28.3. The second-order valence-corrected chi connectivity index (χ2v) is 13.8. The molecule has 242 valence electrons. The van der Waals surface area contributed by atoms with Gasteiger partial charge in [0, 0.05) is 16.6 Å². The predicted molar refractivity (Wildman–Crippen MR) is 156 cm³/mol. The van der Waals surface area contributed by atoms with E-state index >= 15 is 0 Å². The van der Waals surface area contributed by atoms with Crippen molar-refractivity contribution in [3.8, 4) is 0 Å². The van der Waals surface area contributed by atoms with Crippen molar-refractivity contribution in [1.29, 1.82) is 0 Å². The highest BCUT2D eigenvalue weighted by molar-refractivity contribution is 6.36. The molecule has 3 fully saturated rings. The van der Waals surface area contributed by atoms with Gasteiger partial charge in [0.2, 0.25) is 0 Å². The van der Waals surface area contributed by atoms with Gasteiger partial charge >= 0.3 is 12.1 Å². The molecule has 0 radical (unpaired) electrons. The van der Waals surface area contributed by atoms with E-state index in [4.69, 9.17) is 27.9 Å². The van der Waals surface area contributed by atoms with Crippen molar-refractivity contribution in [3.63, 3.8) is 0 Å². The van der Waals surface area contributed by atoms with E-state index in [1.54, 1.807) is 13.8 Å². The van der Waals surface area contributed by atoms with Crippen molar-refractivity contribution in [3.05, 3.63) is 51.0 Å². The summed E-state index contributed by atoms with van der Waals surface area (Å²) in [5, 5.41) is 14.8. The van der Waals surface area contributed by atoms with Crippen LogP contribution in [0.15, 0.2) is 18.3 Å². The van der Waals surface area contributed by atoms with E-state index in [2.05, 4.69) is 18.9 Å². The molecule has 3 saturated carbocycles. The summed E-state index contributed by atoms with van der Waals surface area (Å²) < 4.78 is 64.4. The van der Waals surface area contributed by atoms with Gasteiger partial charge in [-0.25, -0.2) is 4.39 Å². The molecule has 7 nitrogen and oxygen atoms in total. The van der Waals surface area contributed by atoms with Gasteiger partial charge in [0.15, 0.2) is 5.69 Å². The SMILES string of the molecule is CCOC(=O)C1CCC(n2ncc(C(=O)N(CC(O)c3c(Cl)ccc(F)c3Cl)C3CC4C(C3)C4(C)C)c2C(F)(F)F)CC1C. The van der Waals surface area contributed by atoms with Gasteiger partial charge in [-0.05, 0) is 74.3 Å². The molecule has 0 spiro atoms. The predicted octanol–water partition coefficient (Wildman–Crippen LogP) is 7.50. The van der Waals surface area contributed by atoms with Crippen molar-refractivity contribution in [2.75, 3.05) is 13.2 Å². The number of amides is 1. The number of fused-ring (bicyclic) bond motifs is 1. The third kappa shape index (κ3) is 5.96. The largest absolute Gasteiger partial charge is 0.466 e. The Morgan fingerprint density at radius 3 is 2.43 bits per heavy atom. The number of halogens is 6. The number of aliphatic hydroxyl groups is 1. The number of nitrogens with zero attached hydrogens (tertiary/aromatic N) is 3. The van der Waals surface area contributed by atoms with Crippen LogP contribution in [0.2, 0.25) is 10.0 Å². The first kappa shape index (κ1) is 33.0. The fourth-order valence-corrected chi connectivity index (χ4v) is 8.30. The Balaban J connectivity index is 1.47.